The number of nitrogens with zero attached hydrogens (tertiary/aromatic N) is 2. The first kappa shape index (κ1) is 18.2. The second-order valence-electron chi connectivity index (χ2n) is 8.06. The highest BCUT2D eigenvalue weighted by atomic mass is 16.2. The van der Waals surface area contributed by atoms with Crippen LogP contribution in [-0.2, 0) is 17.6 Å². The van der Waals surface area contributed by atoms with Gasteiger partial charge in [0.25, 0.3) is 0 Å². The van der Waals surface area contributed by atoms with Gasteiger partial charge in [0, 0.05) is 25.7 Å². The molecule has 142 valence electrons. The van der Waals surface area contributed by atoms with Gasteiger partial charge in [0.05, 0.1) is 6.42 Å². The normalized spacial score (nSPS) is 23.0. The fourth-order valence-electron chi connectivity index (χ4n) is 4.72. The maximum absolute atomic E-state index is 12.8. The number of likely N-dealkylation sites (tertiary alicyclic amines) is 2. The number of benzene rings is 2. The Morgan fingerprint density at radius 1 is 0.889 bits per heavy atom. The first-order valence-electron chi connectivity index (χ1n) is 10.4. The predicted octanol–water partition coefficient (Wildman–Crippen LogP) is 3.78. The third-order valence-corrected chi connectivity index (χ3v) is 6.23. The highest BCUT2D eigenvalue weighted by Crippen LogP contribution is 2.30. The van der Waals surface area contributed by atoms with Crippen LogP contribution in [0.5, 0.6) is 0 Å². The standard InChI is InChI=1S/C24H30N2O/c27-24(17-21-11-5-2-6-12-21)26-18-22-13-7-8-15-25(23(22)19-26)16-14-20-9-3-1-4-10-20/h1-6,9-12,22-23H,7-8,13-19H2/t22-,23+/m0/s1. The van der Waals surface area contributed by atoms with Crippen LogP contribution in [0.2, 0.25) is 0 Å². The van der Waals surface area contributed by atoms with Crippen molar-refractivity contribution in [3.8, 4) is 0 Å². The van der Waals surface area contributed by atoms with E-state index in [1.165, 1.54) is 31.4 Å². The summed E-state index contributed by atoms with van der Waals surface area (Å²) in [5.74, 6) is 0.931. The highest BCUT2D eigenvalue weighted by molar-refractivity contribution is 5.79. The van der Waals surface area contributed by atoms with Crippen LogP contribution >= 0.6 is 0 Å². The molecule has 2 heterocycles. The van der Waals surface area contributed by atoms with Crippen LogP contribution in [-0.4, -0.2) is 47.9 Å². The Morgan fingerprint density at radius 3 is 2.33 bits per heavy atom. The first-order valence-corrected chi connectivity index (χ1v) is 10.4. The molecule has 2 atom stereocenters. The molecule has 27 heavy (non-hydrogen) atoms. The van der Waals surface area contributed by atoms with Crippen molar-refractivity contribution in [2.75, 3.05) is 26.2 Å². The minimum atomic E-state index is 0.289. The zero-order valence-electron chi connectivity index (χ0n) is 16.1. The molecule has 4 rings (SSSR count). The summed E-state index contributed by atoms with van der Waals surface area (Å²) < 4.78 is 0. The molecule has 0 N–H and O–H groups in total. The maximum atomic E-state index is 12.8. The molecule has 2 aliphatic rings. The van der Waals surface area contributed by atoms with Crippen LogP contribution in [0.4, 0.5) is 0 Å². The minimum Gasteiger partial charge on any atom is -0.340 e. The minimum absolute atomic E-state index is 0.289. The van der Waals surface area contributed by atoms with Gasteiger partial charge in [0.15, 0.2) is 0 Å². The van der Waals surface area contributed by atoms with Gasteiger partial charge in [-0.25, -0.2) is 0 Å². The lowest BCUT2D eigenvalue weighted by atomic mass is 9.98. The molecule has 2 saturated heterocycles. The SMILES string of the molecule is O=C(Cc1ccccc1)N1C[C@@H]2CCCCN(CCc3ccccc3)[C@@H]2C1. The molecular weight excluding hydrogens is 332 g/mol. The second kappa shape index (κ2) is 8.71. The molecule has 2 fully saturated rings. The van der Waals surface area contributed by atoms with E-state index in [4.69, 9.17) is 0 Å². The molecule has 2 aromatic rings. The van der Waals surface area contributed by atoms with Crippen molar-refractivity contribution in [3.05, 3.63) is 71.8 Å². The molecule has 0 saturated carbocycles. The number of carbonyl (C=O) groups excluding carboxylic acids is 1. The lowest BCUT2D eigenvalue weighted by molar-refractivity contribution is -0.129. The predicted molar refractivity (Wildman–Crippen MR) is 110 cm³/mol. The molecule has 0 radical (unpaired) electrons. The highest BCUT2D eigenvalue weighted by Gasteiger charge is 2.39. The Hall–Kier alpha value is -2.13. The smallest absolute Gasteiger partial charge is 0.227 e. The van der Waals surface area contributed by atoms with Crippen molar-refractivity contribution >= 4 is 5.91 Å². The monoisotopic (exact) mass is 362 g/mol. The number of amides is 1. The van der Waals surface area contributed by atoms with Gasteiger partial charge in [-0.1, -0.05) is 67.1 Å². The molecule has 0 unspecified atom stereocenters. The molecule has 2 aliphatic heterocycles. The van der Waals surface area contributed by atoms with E-state index in [1.54, 1.807) is 0 Å². The van der Waals surface area contributed by atoms with E-state index in [0.29, 0.717) is 18.4 Å². The van der Waals surface area contributed by atoms with Crippen LogP contribution in [0.3, 0.4) is 0 Å². The molecule has 3 nitrogen and oxygen atoms in total. The van der Waals surface area contributed by atoms with Crippen molar-refractivity contribution in [1.82, 2.24) is 9.80 Å². The summed E-state index contributed by atoms with van der Waals surface area (Å²) in [6.45, 7) is 4.13. The molecule has 2 aromatic carbocycles. The largest absolute Gasteiger partial charge is 0.340 e. The average molecular weight is 363 g/mol. The lowest BCUT2D eigenvalue weighted by Crippen LogP contribution is -2.42. The number of rotatable bonds is 5. The zero-order valence-corrected chi connectivity index (χ0v) is 16.1. The summed E-state index contributed by atoms with van der Waals surface area (Å²) in [4.78, 5) is 17.6. The zero-order chi connectivity index (χ0) is 18.5. The van der Waals surface area contributed by atoms with Gasteiger partial charge < -0.3 is 4.90 Å². The summed E-state index contributed by atoms with van der Waals surface area (Å²) in [5.41, 5.74) is 2.53. The van der Waals surface area contributed by atoms with Crippen LogP contribution in [0.25, 0.3) is 0 Å². The molecule has 0 spiro atoms. The summed E-state index contributed by atoms with van der Waals surface area (Å²) in [7, 11) is 0. The Labute approximate surface area is 163 Å². The molecule has 0 bridgehead atoms. The van der Waals surface area contributed by atoms with E-state index < -0.39 is 0 Å². The van der Waals surface area contributed by atoms with Gasteiger partial charge >= 0.3 is 0 Å². The fourth-order valence-corrected chi connectivity index (χ4v) is 4.72. The number of hydrogen-bond donors (Lipinski definition) is 0. The van der Waals surface area contributed by atoms with E-state index in [2.05, 4.69) is 52.3 Å². The van der Waals surface area contributed by atoms with E-state index in [1.807, 2.05) is 18.2 Å². The maximum Gasteiger partial charge on any atom is 0.227 e. The molecule has 1 amide bonds. The van der Waals surface area contributed by atoms with E-state index >= 15 is 0 Å². The quantitative estimate of drug-likeness (QED) is 0.808. The Morgan fingerprint density at radius 2 is 1.59 bits per heavy atom. The Balaban J connectivity index is 1.38. The van der Waals surface area contributed by atoms with Gasteiger partial charge in [-0.3, -0.25) is 9.69 Å². The molecular formula is C24H30N2O. The molecule has 0 aromatic heterocycles. The third kappa shape index (κ3) is 4.59. The fraction of sp³-hybridized carbons (Fsp3) is 0.458. The van der Waals surface area contributed by atoms with Crippen molar-refractivity contribution in [2.45, 2.75) is 38.1 Å². The van der Waals surface area contributed by atoms with Gasteiger partial charge in [0.2, 0.25) is 5.91 Å². The summed E-state index contributed by atoms with van der Waals surface area (Å²) in [6, 6.07) is 21.5. The summed E-state index contributed by atoms with van der Waals surface area (Å²) in [6.07, 6.45) is 5.48. The van der Waals surface area contributed by atoms with Crippen LogP contribution in [0.15, 0.2) is 60.7 Å². The van der Waals surface area contributed by atoms with Crippen molar-refractivity contribution in [1.29, 1.82) is 0 Å². The van der Waals surface area contributed by atoms with Gasteiger partial charge in [-0.2, -0.15) is 0 Å². The van der Waals surface area contributed by atoms with Crippen molar-refractivity contribution in [3.63, 3.8) is 0 Å². The summed E-state index contributed by atoms with van der Waals surface area (Å²) in [5, 5.41) is 0. The topological polar surface area (TPSA) is 23.6 Å². The number of fused-ring (bicyclic) bond motifs is 1. The van der Waals surface area contributed by atoms with Crippen LogP contribution < -0.4 is 0 Å². The van der Waals surface area contributed by atoms with E-state index in [0.717, 1.165) is 31.6 Å². The van der Waals surface area contributed by atoms with Gasteiger partial charge in [-0.15, -0.1) is 0 Å². The summed E-state index contributed by atoms with van der Waals surface area (Å²) >= 11 is 0. The Bertz CT molecular complexity index is 731. The third-order valence-electron chi connectivity index (χ3n) is 6.23. The first-order chi connectivity index (χ1) is 13.3. The number of hydrogen-bond acceptors (Lipinski definition) is 2. The van der Waals surface area contributed by atoms with Crippen LogP contribution in [0, 0.1) is 5.92 Å². The van der Waals surface area contributed by atoms with E-state index in [-0.39, 0.29) is 5.91 Å². The van der Waals surface area contributed by atoms with Gasteiger partial charge in [0.1, 0.15) is 0 Å². The Kier molecular flexibility index (Phi) is 5.88. The van der Waals surface area contributed by atoms with Crippen molar-refractivity contribution < 1.29 is 4.79 Å². The van der Waals surface area contributed by atoms with Crippen molar-refractivity contribution in [2.24, 2.45) is 5.92 Å². The average Bonchev–Trinajstić information content (AvgIpc) is 3.04. The second-order valence-corrected chi connectivity index (χ2v) is 8.06. The van der Waals surface area contributed by atoms with E-state index in [9.17, 15) is 4.79 Å². The van der Waals surface area contributed by atoms with Gasteiger partial charge in [-0.05, 0) is 42.9 Å². The lowest BCUT2D eigenvalue weighted by Gasteiger charge is -2.30. The molecule has 0 aliphatic carbocycles. The number of carbonyl (C=O) groups is 1. The molecule has 3 heteroatoms. The van der Waals surface area contributed by atoms with Crippen LogP contribution in [0.1, 0.15) is 30.4 Å².